The minimum atomic E-state index is 0.701. The highest BCUT2D eigenvalue weighted by Gasteiger charge is 2.02. The van der Waals surface area contributed by atoms with Crippen LogP contribution in [0.4, 0.5) is 5.69 Å². The van der Waals surface area contributed by atoms with Crippen LogP contribution in [0, 0.1) is 0 Å². The van der Waals surface area contributed by atoms with E-state index in [0.717, 1.165) is 24.1 Å². The van der Waals surface area contributed by atoms with Crippen LogP contribution in [-0.4, -0.2) is 13.3 Å². The largest absolute Gasteiger partial charge is 0.370 e. The van der Waals surface area contributed by atoms with E-state index in [-0.39, 0.29) is 0 Å². The lowest BCUT2D eigenvalue weighted by atomic mass is 10.1. The second-order valence-corrected chi connectivity index (χ2v) is 4.51. The van der Waals surface area contributed by atoms with E-state index in [2.05, 4.69) is 35.7 Å². The average Bonchev–Trinajstić information content (AvgIpc) is 2.48. The molecule has 96 valence electrons. The predicted octanol–water partition coefficient (Wildman–Crippen LogP) is 3.78. The summed E-state index contributed by atoms with van der Waals surface area (Å²) in [6.45, 7) is 4.58. The Bertz CT molecular complexity index is 555. The van der Waals surface area contributed by atoms with Crippen molar-refractivity contribution in [2.45, 2.75) is 6.54 Å². The molecule has 2 aromatic carbocycles. The lowest BCUT2D eigenvalue weighted by Crippen LogP contribution is -2.16. The molecule has 0 bridgehead atoms. The SMILES string of the molecule is C=Cc1ccc(CN(C)c2ccc(C=O)cc2)cc1. The van der Waals surface area contributed by atoms with Crippen LogP contribution in [0.2, 0.25) is 0 Å². The predicted molar refractivity (Wildman–Crippen MR) is 80.5 cm³/mol. The van der Waals surface area contributed by atoms with Gasteiger partial charge in [-0.25, -0.2) is 0 Å². The van der Waals surface area contributed by atoms with Gasteiger partial charge in [0.15, 0.2) is 0 Å². The summed E-state index contributed by atoms with van der Waals surface area (Å²) in [5.74, 6) is 0. The maximum absolute atomic E-state index is 10.6. The first kappa shape index (κ1) is 13.1. The third-order valence-corrected chi connectivity index (χ3v) is 3.11. The number of anilines is 1. The van der Waals surface area contributed by atoms with Gasteiger partial charge >= 0.3 is 0 Å². The topological polar surface area (TPSA) is 20.3 Å². The summed E-state index contributed by atoms with van der Waals surface area (Å²) in [6, 6.07) is 15.9. The van der Waals surface area contributed by atoms with Crippen molar-refractivity contribution in [3.63, 3.8) is 0 Å². The number of hydrogen-bond acceptors (Lipinski definition) is 2. The van der Waals surface area contributed by atoms with Gasteiger partial charge in [-0.2, -0.15) is 0 Å². The van der Waals surface area contributed by atoms with Crippen LogP contribution in [0.25, 0.3) is 6.08 Å². The molecule has 2 aromatic rings. The Morgan fingerprint density at radius 3 is 2.11 bits per heavy atom. The van der Waals surface area contributed by atoms with Gasteiger partial charge < -0.3 is 4.90 Å². The van der Waals surface area contributed by atoms with Gasteiger partial charge in [0.05, 0.1) is 0 Å². The van der Waals surface area contributed by atoms with Gasteiger partial charge in [0.1, 0.15) is 6.29 Å². The Morgan fingerprint density at radius 2 is 1.58 bits per heavy atom. The third-order valence-electron chi connectivity index (χ3n) is 3.11. The van der Waals surface area contributed by atoms with Gasteiger partial charge in [-0.05, 0) is 35.4 Å². The third kappa shape index (κ3) is 3.32. The molecule has 0 fully saturated rings. The smallest absolute Gasteiger partial charge is 0.150 e. The van der Waals surface area contributed by atoms with Gasteiger partial charge in [0.2, 0.25) is 0 Å². The highest BCUT2D eigenvalue weighted by Crippen LogP contribution is 2.16. The molecule has 0 N–H and O–H groups in total. The van der Waals surface area contributed by atoms with Gasteiger partial charge in [0.25, 0.3) is 0 Å². The van der Waals surface area contributed by atoms with Gasteiger partial charge in [0, 0.05) is 24.8 Å². The van der Waals surface area contributed by atoms with Crippen molar-refractivity contribution in [1.29, 1.82) is 0 Å². The quantitative estimate of drug-likeness (QED) is 0.754. The van der Waals surface area contributed by atoms with Crippen molar-refractivity contribution in [1.82, 2.24) is 0 Å². The molecular formula is C17H17NO. The summed E-state index contributed by atoms with van der Waals surface area (Å²) < 4.78 is 0. The molecule has 19 heavy (non-hydrogen) atoms. The molecule has 0 heterocycles. The fraction of sp³-hybridized carbons (Fsp3) is 0.118. The van der Waals surface area contributed by atoms with Crippen LogP contribution in [0.3, 0.4) is 0 Å². The Hall–Kier alpha value is -2.35. The molecular weight excluding hydrogens is 234 g/mol. The van der Waals surface area contributed by atoms with Crippen LogP contribution in [-0.2, 0) is 6.54 Å². The molecule has 2 nitrogen and oxygen atoms in total. The van der Waals surface area contributed by atoms with E-state index in [1.54, 1.807) is 0 Å². The first-order chi connectivity index (χ1) is 9.22. The summed E-state index contributed by atoms with van der Waals surface area (Å²) in [5, 5.41) is 0. The Morgan fingerprint density at radius 1 is 1.00 bits per heavy atom. The minimum absolute atomic E-state index is 0.701. The lowest BCUT2D eigenvalue weighted by molar-refractivity contribution is 0.112. The molecule has 0 atom stereocenters. The number of nitrogens with zero attached hydrogens (tertiary/aromatic N) is 1. The Labute approximate surface area is 114 Å². The Balaban J connectivity index is 2.08. The van der Waals surface area contributed by atoms with E-state index < -0.39 is 0 Å². The first-order valence-electron chi connectivity index (χ1n) is 6.20. The maximum atomic E-state index is 10.6. The summed E-state index contributed by atoms with van der Waals surface area (Å²) in [5.41, 5.74) is 4.17. The van der Waals surface area contributed by atoms with Gasteiger partial charge in [-0.1, -0.05) is 36.9 Å². The summed E-state index contributed by atoms with van der Waals surface area (Å²) in [6.07, 6.45) is 2.70. The van der Waals surface area contributed by atoms with Crippen molar-refractivity contribution in [2.75, 3.05) is 11.9 Å². The fourth-order valence-electron chi connectivity index (χ4n) is 1.93. The van der Waals surface area contributed by atoms with Crippen molar-refractivity contribution >= 4 is 18.0 Å². The molecule has 0 unspecified atom stereocenters. The van der Waals surface area contributed by atoms with Crippen LogP contribution < -0.4 is 4.90 Å². The van der Waals surface area contributed by atoms with Gasteiger partial charge in [-0.3, -0.25) is 4.79 Å². The number of aldehydes is 1. The molecule has 0 amide bonds. The van der Waals surface area contributed by atoms with Crippen molar-refractivity contribution < 1.29 is 4.79 Å². The minimum Gasteiger partial charge on any atom is -0.370 e. The number of carbonyl (C=O) groups excluding carboxylic acids is 1. The highest BCUT2D eigenvalue weighted by atomic mass is 16.1. The van der Waals surface area contributed by atoms with Crippen LogP contribution in [0.15, 0.2) is 55.1 Å². The number of hydrogen-bond donors (Lipinski definition) is 0. The maximum Gasteiger partial charge on any atom is 0.150 e. The first-order valence-corrected chi connectivity index (χ1v) is 6.20. The van der Waals surface area contributed by atoms with Crippen molar-refractivity contribution in [3.05, 3.63) is 71.8 Å². The van der Waals surface area contributed by atoms with E-state index in [1.165, 1.54) is 5.56 Å². The van der Waals surface area contributed by atoms with E-state index >= 15 is 0 Å². The summed E-state index contributed by atoms with van der Waals surface area (Å²) in [7, 11) is 2.04. The molecule has 0 saturated carbocycles. The van der Waals surface area contributed by atoms with Crippen LogP contribution in [0.5, 0.6) is 0 Å². The van der Waals surface area contributed by atoms with E-state index in [1.807, 2.05) is 37.4 Å². The van der Waals surface area contributed by atoms with E-state index in [9.17, 15) is 4.79 Å². The number of carbonyl (C=O) groups is 1. The second kappa shape index (κ2) is 6.01. The van der Waals surface area contributed by atoms with Crippen LogP contribution >= 0.6 is 0 Å². The number of rotatable bonds is 5. The standard InChI is InChI=1S/C17H17NO/c1-3-14-4-6-15(7-5-14)12-18(2)17-10-8-16(13-19)9-11-17/h3-11,13H,1,12H2,2H3. The van der Waals surface area contributed by atoms with Crippen molar-refractivity contribution in [2.24, 2.45) is 0 Å². The molecule has 0 radical (unpaired) electrons. The lowest BCUT2D eigenvalue weighted by Gasteiger charge is -2.19. The zero-order valence-corrected chi connectivity index (χ0v) is 11.0. The number of benzene rings is 2. The Kier molecular flexibility index (Phi) is 4.14. The zero-order valence-electron chi connectivity index (χ0n) is 11.0. The molecule has 0 aliphatic carbocycles. The monoisotopic (exact) mass is 251 g/mol. The van der Waals surface area contributed by atoms with E-state index in [4.69, 9.17) is 0 Å². The molecule has 0 saturated heterocycles. The molecule has 0 aromatic heterocycles. The van der Waals surface area contributed by atoms with Gasteiger partial charge in [-0.15, -0.1) is 0 Å². The highest BCUT2D eigenvalue weighted by molar-refractivity contribution is 5.75. The van der Waals surface area contributed by atoms with Crippen LogP contribution in [0.1, 0.15) is 21.5 Å². The molecule has 0 aliphatic heterocycles. The average molecular weight is 251 g/mol. The second-order valence-electron chi connectivity index (χ2n) is 4.51. The molecule has 2 heteroatoms. The van der Waals surface area contributed by atoms with E-state index in [0.29, 0.717) is 5.56 Å². The molecule has 0 spiro atoms. The normalized spacial score (nSPS) is 9.95. The molecule has 0 aliphatic rings. The summed E-state index contributed by atoms with van der Waals surface area (Å²) in [4.78, 5) is 12.8. The van der Waals surface area contributed by atoms with Crippen molar-refractivity contribution in [3.8, 4) is 0 Å². The fourth-order valence-corrected chi connectivity index (χ4v) is 1.93. The zero-order chi connectivity index (χ0) is 13.7. The summed E-state index contributed by atoms with van der Waals surface area (Å²) >= 11 is 0. The molecule has 2 rings (SSSR count).